The van der Waals surface area contributed by atoms with Crippen molar-refractivity contribution in [1.82, 2.24) is 20.0 Å². The maximum atomic E-state index is 13.2. The largest absolute Gasteiger partial charge is 0.494 e. The second-order valence-corrected chi connectivity index (χ2v) is 12.4. The van der Waals surface area contributed by atoms with Gasteiger partial charge in [-0.2, -0.15) is 0 Å². The summed E-state index contributed by atoms with van der Waals surface area (Å²) in [5.41, 5.74) is 4.69. The zero-order valence-corrected chi connectivity index (χ0v) is 24.8. The third-order valence-electron chi connectivity index (χ3n) is 7.01. The highest BCUT2D eigenvalue weighted by molar-refractivity contribution is 7.90. The number of aromatic amines is 2. The molecule has 11 heteroatoms. The molecule has 0 aliphatic carbocycles. The van der Waals surface area contributed by atoms with Gasteiger partial charge in [0.05, 0.1) is 12.4 Å². The Labute approximate surface area is 248 Å². The Balaban J connectivity index is 1.20. The summed E-state index contributed by atoms with van der Waals surface area (Å²) in [5, 5.41) is 5.12. The lowest BCUT2D eigenvalue weighted by Crippen LogP contribution is -2.37. The van der Waals surface area contributed by atoms with Crippen LogP contribution in [0.5, 0.6) is 5.75 Å². The van der Waals surface area contributed by atoms with Crippen molar-refractivity contribution in [3.8, 4) is 5.75 Å². The molecule has 0 saturated heterocycles. The van der Waals surface area contributed by atoms with Gasteiger partial charge in [0, 0.05) is 39.7 Å². The van der Waals surface area contributed by atoms with E-state index in [1.807, 2.05) is 56.3 Å². The number of H-pyrrole nitrogens is 2. The third-order valence-corrected chi connectivity index (χ3v) is 8.85. The number of hydrogen-bond acceptors (Lipinski definition) is 5. The van der Waals surface area contributed by atoms with Crippen LogP contribution < -0.4 is 14.8 Å². The van der Waals surface area contributed by atoms with Crippen LogP contribution in [-0.2, 0) is 16.4 Å². The molecular weight excluding hydrogens is 576 g/mol. The van der Waals surface area contributed by atoms with E-state index in [1.165, 1.54) is 0 Å². The number of ether oxygens (including phenoxy) is 1. The predicted octanol–water partition coefficient (Wildman–Crippen LogP) is 5.42. The van der Waals surface area contributed by atoms with E-state index in [1.54, 1.807) is 24.4 Å². The number of aromatic nitrogens is 2. The summed E-state index contributed by atoms with van der Waals surface area (Å²) in [6.07, 6.45) is 2.85. The Morgan fingerprint density at radius 2 is 1.71 bits per heavy atom. The van der Waals surface area contributed by atoms with Crippen molar-refractivity contribution in [2.24, 2.45) is 0 Å². The SMILES string of the molecule is Cc1cc(OCCCc2c(C(=O)NS(=O)(=O)CCNC(=O)c3ccc4cc[nH]c4c3)[nH]c3ccccc23)cc(C)c1Cl. The number of hydrogen-bond donors (Lipinski definition) is 4. The molecular formula is C31H31ClN4O5S. The summed E-state index contributed by atoms with van der Waals surface area (Å²) in [6, 6.07) is 18.3. The lowest BCUT2D eigenvalue weighted by atomic mass is 10.1. The van der Waals surface area contributed by atoms with Crippen molar-refractivity contribution in [3.63, 3.8) is 0 Å². The van der Waals surface area contributed by atoms with Gasteiger partial charge < -0.3 is 20.0 Å². The molecule has 2 amide bonds. The van der Waals surface area contributed by atoms with Gasteiger partial charge in [0.2, 0.25) is 10.0 Å². The van der Waals surface area contributed by atoms with Crippen LogP contribution in [0.2, 0.25) is 5.02 Å². The van der Waals surface area contributed by atoms with E-state index >= 15 is 0 Å². The van der Waals surface area contributed by atoms with E-state index in [0.29, 0.717) is 41.3 Å². The van der Waals surface area contributed by atoms with Gasteiger partial charge in [0.25, 0.3) is 11.8 Å². The predicted molar refractivity (Wildman–Crippen MR) is 165 cm³/mol. The monoisotopic (exact) mass is 606 g/mol. The average Bonchev–Trinajstić information content (AvgIpc) is 3.58. The number of benzene rings is 3. The van der Waals surface area contributed by atoms with Gasteiger partial charge in [0.15, 0.2) is 0 Å². The van der Waals surface area contributed by atoms with Crippen molar-refractivity contribution in [3.05, 3.63) is 99.8 Å². The first-order valence-corrected chi connectivity index (χ1v) is 15.5. The number of aryl methyl sites for hydroxylation is 3. The molecule has 0 fully saturated rings. The zero-order chi connectivity index (χ0) is 29.9. The van der Waals surface area contributed by atoms with Gasteiger partial charge in [0.1, 0.15) is 11.4 Å². The summed E-state index contributed by atoms with van der Waals surface area (Å²) in [5.74, 6) is -0.903. The Morgan fingerprint density at radius 3 is 2.50 bits per heavy atom. The van der Waals surface area contributed by atoms with Gasteiger partial charge >= 0.3 is 0 Å². The maximum absolute atomic E-state index is 13.2. The second kappa shape index (κ2) is 12.3. The molecule has 0 atom stereocenters. The van der Waals surface area contributed by atoms with E-state index in [9.17, 15) is 18.0 Å². The molecule has 0 aliphatic heterocycles. The summed E-state index contributed by atoms with van der Waals surface area (Å²) >= 11 is 6.25. The molecule has 0 aliphatic rings. The minimum Gasteiger partial charge on any atom is -0.494 e. The number of rotatable bonds is 11. The number of halogens is 1. The van der Waals surface area contributed by atoms with Gasteiger partial charge in [-0.05, 0) is 85.2 Å². The smallest absolute Gasteiger partial charge is 0.281 e. The molecule has 4 N–H and O–H groups in total. The number of amides is 2. The molecule has 2 heterocycles. The van der Waals surface area contributed by atoms with Crippen LogP contribution in [0.25, 0.3) is 21.8 Å². The minimum absolute atomic E-state index is 0.162. The van der Waals surface area contributed by atoms with E-state index in [4.69, 9.17) is 16.3 Å². The van der Waals surface area contributed by atoms with Gasteiger partial charge in [-0.1, -0.05) is 35.9 Å². The van der Waals surface area contributed by atoms with Crippen molar-refractivity contribution < 1.29 is 22.7 Å². The molecule has 5 aromatic rings. The van der Waals surface area contributed by atoms with Crippen molar-refractivity contribution in [2.45, 2.75) is 26.7 Å². The molecule has 3 aromatic carbocycles. The zero-order valence-electron chi connectivity index (χ0n) is 23.2. The van der Waals surface area contributed by atoms with Crippen molar-refractivity contribution in [2.75, 3.05) is 18.9 Å². The van der Waals surface area contributed by atoms with Gasteiger partial charge in [-0.3, -0.25) is 9.59 Å². The third kappa shape index (κ3) is 6.61. The summed E-state index contributed by atoms with van der Waals surface area (Å²) in [4.78, 5) is 31.8. The lowest BCUT2D eigenvalue weighted by Gasteiger charge is -2.11. The average molecular weight is 607 g/mol. The molecule has 0 unspecified atom stereocenters. The summed E-state index contributed by atoms with van der Waals surface area (Å²) in [6.45, 7) is 4.08. The lowest BCUT2D eigenvalue weighted by molar-refractivity contribution is 0.0954. The van der Waals surface area contributed by atoms with Crippen molar-refractivity contribution in [1.29, 1.82) is 0 Å². The number of fused-ring (bicyclic) bond motifs is 2. The second-order valence-electron chi connectivity index (χ2n) is 10.1. The molecule has 0 spiro atoms. The molecule has 0 saturated carbocycles. The Bertz CT molecular complexity index is 1870. The molecule has 42 heavy (non-hydrogen) atoms. The Morgan fingerprint density at radius 1 is 0.952 bits per heavy atom. The molecule has 9 nitrogen and oxygen atoms in total. The highest BCUT2D eigenvalue weighted by atomic mass is 35.5. The van der Waals surface area contributed by atoms with Crippen molar-refractivity contribution >= 4 is 55.2 Å². The first kappa shape index (κ1) is 29.2. The quantitative estimate of drug-likeness (QED) is 0.149. The minimum atomic E-state index is -4.04. The van der Waals surface area contributed by atoms with Crippen LogP contribution in [0.4, 0.5) is 0 Å². The Hall–Kier alpha value is -4.28. The molecule has 218 valence electrons. The number of para-hydroxylation sites is 1. The van der Waals surface area contributed by atoms with E-state index in [2.05, 4.69) is 20.0 Å². The standard InChI is InChI=1S/C31H31ClN4O5S/c1-19-16-23(17-20(2)28(19)32)41-14-5-7-25-24-6-3-4-8-26(24)35-29(25)31(38)36-42(39,40)15-13-34-30(37)22-10-9-21-11-12-33-27(21)18-22/h3-4,6,8-12,16-18,33,35H,5,7,13-15H2,1-2H3,(H,34,37)(H,36,38). The summed E-state index contributed by atoms with van der Waals surface area (Å²) < 4.78 is 33.6. The number of nitrogens with one attached hydrogen (secondary N) is 4. The molecule has 5 rings (SSSR count). The van der Waals surface area contributed by atoms with Gasteiger partial charge in [-0.25, -0.2) is 13.1 Å². The highest BCUT2D eigenvalue weighted by Crippen LogP contribution is 2.27. The van der Waals surface area contributed by atoms with E-state index < -0.39 is 27.6 Å². The fourth-order valence-electron chi connectivity index (χ4n) is 4.92. The van der Waals surface area contributed by atoms with Crippen LogP contribution in [0.3, 0.4) is 0 Å². The van der Waals surface area contributed by atoms with Crippen LogP contribution in [0.15, 0.2) is 66.9 Å². The number of sulfonamides is 1. The van der Waals surface area contributed by atoms with Crippen LogP contribution in [0, 0.1) is 13.8 Å². The van der Waals surface area contributed by atoms with E-state index in [-0.39, 0.29) is 12.2 Å². The first-order chi connectivity index (χ1) is 20.1. The topological polar surface area (TPSA) is 133 Å². The fourth-order valence-corrected chi connectivity index (χ4v) is 5.88. The number of carbonyl (C=O) groups excluding carboxylic acids is 2. The molecule has 0 radical (unpaired) electrons. The normalized spacial score (nSPS) is 11.6. The molecule has 2 aromatic heterocycles. The highest BCUT2D eigenvalue weighted by Gasteiger charge is 2.22. The number of carbonyl (C=O) groups is 2. The molecule has 0 bridgehead atoms. The van der Waals surface area contributed by atoms with Crippen LogP contribution in [0.1, 0.15) is 44.0 Å². The first-order valence-electron chi connectivity index (χ1n) is 13.5. The van der Waals surface area contributed by atoms with Crippen LogP contribution in [-0.4, -0.2) is 49.1 Å². The van der Waals surface area contributed by atoms with Crippen LogP contribution >= 0.6 is 11.6 Å². The summed E-state index contributed by atoms with van der Waals surface area (Å²) in [7, 11) is -4.04. The fraction of sp³-hybridized carbons (Fsp3) is 0.226. The van der Waals surface area contributed by atoms with E-state index in [0.717, 1.165) is 32.9 Å². The van der Waals surface area contributed by atoms with Gasteiger partial charge in [-0.15, -0.1) is 0 Å². The maximum Gasteiger partial charge on any atom is 0.281 e. The Kier molecular flexibility index (Phi) is 8.56.